The highest BCUT2D eigenvalue weighted by Crippen LogP contribution is 2.40. The van der Waals surface area contributed by atoms with Crippen LogP contribution in [0.1, 0.15) is 132 Å². The van der Waals surface area contributed by atoms with Gasteiger partial charge in [0.25, 0.3) is 17.6 Å². The number of alkyl carbamates (subject to hydrolysis) is 1. The molecule has 5 rings (SSSR count). The largest absolute Gasteiger partial charge is 0.480 e. The zero-order valence-electron chi connectivity index (χ0n) is 46.7. The van der Waals surface area contributed by atoms with Gasteiger partial charge in [-0.15, -0.1) is 0 Å². The van der Waals surface area contributed by atoms with Crippen LogP contribution in [0.4, 0.5) is 9.18 Å². The summed E-state index contributed by atoms with van der Waals surface area (Å²) in [4.78, 5) is 96.6. The Labute approximate surface area is 452 Å². The maximum absolute atomic E-state index is 16.2. The van der Waals surface area contributed by atoms with Crippen molar-refractivity contribution in [1.29, 1.82) is 0 Å². The number of ether oxygens (including phenoxy) is 6. The Morgan fingerprint density at radius 2 is 1.58 bits per heavy atom. The van der Waals surface area contributed by atoms with Crippen molar-refractivity contribution < 1.29 is 81.7 Å². The first-order valence-electron chi connectivity index (χ1n) is 27.1. The number of rotatable bonds is 13. The van der Waals surface area contributed by atoms with Gasteiger partial charge in [0.1, 0.15) is 30.1 Å². The second-order valence-corrected chi connectivity index (χ2v) is 22.4. The highest BCUT2D eigenvalue weighted by Gasteiger charge is 2.57. The van der Waals surface area contributed by atoms with E-state index in [0.29, 0.717) is 54.6 Å². The molecule has 2 saturated heterocycles. The first-order valence-corrected chi connectivity index (χ1v) is 27.1. The molecule has 5 N–H and O–H groups in total. The van der Waals surface area contributed by atoms with Crippen LogP contribution in [-0.4, -0.2) is 155 Å². The van der Waals surface area contributed by atoms with E-state index in [9.17, 15) is 48.9 Å². The number of fused-ring (bicyclic) bond motifs is 3. The average molecular weight is 1090 g/mol. The van der Waals surface area contributed by atoms with E-state index in [-0.39, 0.29) is 56.1 Å². The normalized spacial score (nSPS) is 34.1. The van der Waals surface area contributed by atoms with Crippen LogP contribution in [-0.2, 0) is 63.6 Å². The van der Waals surface area contributed by atoms with Crippen molar-refractivity contribution in [2.75, 3.05) is 21.3 Å². The first-order chi connectivity index (χ1) is 36.3. The van der Waals surface area contributed by atoms with Crippen molar-refractivity contribution in [2.24, 2.45) is 29.6 Å². The molecule has 2 bridgehead atoms. The van der Waals surface area contributed by atoms with Crippen LogP contribution in [0.5, 0.6) is 0 Å². The number of allylic oxidation sites excluding steroid dienone is 3. The lowest BCUT2D eigenvalue weighted by Crippen LogP contribution is -2.65. The molecule has 20 heteroatoms. The number of esters is 1. The quantitative estimate of drug-likeness (QED) is 0.0647. The summed E-state index contributed by atoms with van der Waals surface area (Å²) in [5.74, 6) is -11.7. The van der Waals surface area contributed by atoms with Gasteiger partial charge in [0.05, 0.1) is 30.5 Å². The van der Waals surface area contributed by atoms with Gasteiger partial charge in [-0.3, -0.25) is 24.1 Å². The molecule has 16 atom stereocenters. The zero-order valence-corrected chi connectivity index (χ0v) is 46.7. The molecule has 0 aromatic heterocycles. The Balaban J connectivity index is 1.41. The second kappa shape index (κ2) is 27.7. The van der Waals surface area contributed by atoms with Gasteiger partial charge in [0.2, 0.25) is 5.79 Å². The smallest absolute Gasteiger partial charge is 0.408 e. The van der Waals surface area contributed by atoms with Crippen LogP contribution < -0.4 is 10.6 Å². The van der Waals surface area contributed by atoms with E-state index in [1.165, 1.54) is 42.1 Å². The van der Waals surface area contributed by atoms with E-state index < -0.39 is 126 Å². The number of Topliss-reactive ketones (excluding diaryl/α,β-unsaturated/α-hetero) is 2. The molecule has 19 nitrogen and oxygen atoms in total. The van der Waals surface area contributed by atoms with Crippen molar-refractivity contribution in [2.45, 2.75) is 205 Å². The maximum Gasteiger partial charge on any atom is 0.408 e. The third-order valence-corrected chi connectivity index (χ3v) is 16.0. The predicted octanol–water partition coefficient (Wildman–Crippen LogP) is 6.09. The fraction of sp³-hybridized carbons (Fsp3) is 0.702. The minimum absolute atomic E-state index is 0.0136. The van der Waals surface area contributed by atoms with Gasteiger partial charge in [-0.2, -0.15) is 0 Å². The van der Waals surface area contributed by atoms with Crippen LogP contribution in [0.25, 0.3) is 0 Å². The second-order valence-electron chi connectivity index (χ2n) is 22.4. The van der Waals surface area contributed by atoms with Gasteiger partial charge in [0, 0.05) is 51.9 Å². The molecule has 1 aromatic rings. The van der Waals surface area contributed by atoms with Crippen LogP contribution in [0, 0.1) is 29.6 Å². The number of methoxy groups -OCH3 is 3. The topological polar surface area (TPSA) is 263 Å². The highest BCUT2D eigenvalue weighted by molar-refractivity contribution is 6.39. The number of alkyl halides is 1. The Kier molecular flexibility index (Phi) is 22.5. The molecule has 430 valence electrons. The van der Waals surface area contributed by atoms with E-state index in [4.69, 9.17) is 28.4 Å². The van der Waals surface area contributed by atoms with E-state index >= 15 is 4.39 Å². The number of amides is 3. The summed E-state index contributed by atoms with van der Waals surface area (Å²) in [7, 11) is 4.41. The average Bonchev–Trinajstić information content (AvgIpc) is 3.38. The molecule has 3 fully saturated rings. The summed E-state index contributed by atoms with van der Waals surface area (Å²) < 4.78 is 51.7. The monoisotopic (exact) mass is 1090 g/mol. The number of nitrogens with zero attached hydrogens (tertiary/aromatic N) is 1. The summed E-state index contributed by atoms with van der Waals surface area (Å²) in [6.45, 7) is 13.4. The molecule has 1 saturated carbocycles. The van der Waals surface area contributed by atoms with E-state index in [2.05, 4.69) is 10.6 Å². The number of carboxylic acids is 1. The molecule has 77 heavy (non-hydrogen) atoms. The fourth-order valence-corrected chi connectivity index (χ4v) is 11.4. The van der Waals surface area contributed by atoms with Crippen LogP contribution in [0.3, 0.4) is 0 Å². The summed E-state index contributed by atoms with van der Waals surface area (Å²) in [5, 5.41) is 39.1. The summed E-state index contributed by atoms with van der Waals surface area (Å²) in [5.41, 5.74) is 0.317. The third kappa shape index (κ3) is 15.8. The number of hydrogen-bond acceptors (Lipinski definition) is 15. The van der Waals surface area contributed by atoms with Gasteiger partial charge >= 0.3 is 18.0 Å². The van der Waals surface area contributed by atoms with Gasteiger partial charge in [-0.05, 0) is 115 Å². The van der Waals surface area contributed by atoms with Crippen molar-refractivity contribution >= 4 is 41.4 Å². The Morgan fingerprint density at radius 1 is 0.935 bits per heavy atom. The molecule has 3 aliphatic heterocycles. The molecule has 0 radical (unpaired) electrons. The van der Waals surface area contributed by atoms with E-state index in [1.807, 2.05) is 32.9 Å². The molecular weight excluding hydrogens is 1000 g/mol. The van der Waals surface area contributed by atoms with Crippen LogP contribution >= 0.6 is 0 Å². The number of benzene rings is 1. The summed E-state index contributed by atoms with van der Waals surface area (Å²) in [6, 6.07) is 5.22. The van der Waals surface area contributed by atoms with Crippen molar-refractivity contribution in [3.05, 3.63) is 59.2 Å². The number of cyclic esters (lactones) is 1. The van der Waals surface area contributed by atoms with Crippen molar-refractivity contribution in [3.8, 4) is 0 Å². The van der Waals surface area contributed by atoms with Gasteiger partial charge < -0.3 is 54.4 Å². The highest BCUT2D eigenvalue weighted by atomic mass is 19.1. The number of hydrogen-bond donors (Lipinski definition) is 5. The molecular formula is C57H84FN3O16. The Hall–Kier alpha value is -5.12. The molecule has 15 unspecified atom stereocenters. The van der Waals surface area contributed by atoms with E-state index in [0.717, 1.165) is 5.57 Å². The lowest BCUT2D eigenvalue weighted by Gasteiger charge is -2.47. The molecule has 1 aliphatic carbocycles. The Morgan fingerprint density at radius 3 is 2.21 bits per heavy atom. The summed E-state index contributed by atoms with van der Waals surface area (Å²) >= 11 is 0. The molecule has 0 spiro atoms. The third-order valence-electron chi connectivity index (χ3n) is 16.0. The minimum Gasteiger partial charge on any atom is -0.480 e. The predicted molar refractivity (Wildman–Crippen MR) is 279 cm³/mol. The molecule has 3 heterocycles. The Bertz CT molecular complexity index is 2290. The lowest BCUT2D eigenvalue weighted by molar-refractivity contribution is -0.302. The zero-order chi connectivity index (χ0) is 57.1. The van der Waals surface area contributed by atoms with E-state index in [1.54, 1.807) is 44.2 Å². The fourth-order valence-electron chi connectivity index (χ4n) is 11.4. The van der Waals surface area contributed by atoms with Crippen molar-refractivity contribution in [1.82, 2.24) is 15.5 Å². The number of aliphatic carboxylic acids is 1. The first kappa shape index (κ1) is 62.7. The van der Waals surface area contributed by atoms with Gasteiger partial charge in [0.15, 0.2) is 11.9 Å². The number of piperidine rings is 1. The van der Waals surface area contributed by atoms with Crippen LogP contribution in [0.15, 0.2) is 53.6 Å². The molecule has 3 amide bonds. The standard InChI is InChI=1S/C57H84FN3O16/c1-12-38-24-31(2)23-32(3)25-45(73-10)49-46(74-11)27-34(5)57(71,76-49)50(64)51(65)61-41(19-16-20-47(61)58)53(68)75-48(35(6)42(62)30-43(38)63)33(4)26-37-21-22-39(44(29-37)72-9)59-54(69)56(7,8)77-55(70)60-40(52(66)67)28-36-17-14-13-15-18-36/h13-15,17-18,24,26,32,34-35,37-42,44-49,62,71H,12,16,19-23,25,27-30H2,1-11H3,(H,59,69)(H,60,70)(H,66,67)/t32?,34?,35?,37?,38?,39?,40-,41?,42?,44?,45?,46?,47?,48?,49?,57?/m0/s1. The SMILES string of the molecule is CCC1C=C(C)CC(C)CC(OC)C2OC(O)(C(=O)C(=O)N3C(F)CCCC3C(=O)OC(C(C)=CC3CCC(NC(=O)C(C)(C)OC(=O)N[C@@H](Cc4ccccc4)C(=O)O)C(OC)C3)C(C)C(O)CC1=O)C(C)CC2OC. The minimum atomic E-state index is -2.75. The van der Waals surface area contributed by atoms with Crippen LogP contribution in [0.2, 0.25) is 0 Å². The number of nitrogens with one attached hydrogen (secondary N) is 2. The molecule has 4 aliphatic rings. The van der Waals surface area contributed by atoms with Crippen molar-refractivity contribution in [3.63, 3.8) is 0 Å². The number of carboxylic acid groups (broad SMARTS) is 1. The summed E-state index contributed by atoms with van der Waals surface area (Å²) in [6.07, 6.45) is -2.86. The number of carbonyl (C=O) groups is 7. The molecule has 1 aromatic carbocycles. The number of carbonyl (C=O) groups excluding carboxylic acids is 6. The number of aliphatic hydroxyl groups excluding tert-OH is 1. The lowest BCUT2D eigenvalue weighted by atomic mass is 9.80. The number of halogens is 1. The van der Waals surface area contributed by atoms with Gasteiger partial charge in [-0.25, -0.2) is 18.8 Å². The maximum atomic E-state index is 16.2. The number of aliphatic hydroxyl groups is 2. The van der Waals surface area contributed by atoms with Gasteiger partial charge in [-0.1, -0.05) is 75.8 Å². The number of ketones is 2.